The number of fused-ring (bicyclic) bond motifs is 6. The van der Waals surface area contributed by atoms with E-state index in [-0.39, 0.29) is 54.5 Å². The van der Waals surface area contributed by atoms with Crippen molar-refractivity contribution in [1.29, 1.82) is 0 Å². The van der Waals surface area contributed by atoms with Crippen molar-refractivity contribution in [3.8, 4) is 11.3 Å². The summed E-state index contributed by atoms with van der Waals surface area (Å²) in [6.45, 7) is 7.67. The van der Waals surface area contributed by atoms with Crippen LogP contribution >= 0.6 is 11.3 Å². The quantitative estimate of drug-likeness (QED) is 0.158. The van der Waals surface area contributed by atoms with Gasteiger partial charge in [0.1, 0.15) is 24.7 Å². The van der Waals surface area contributed by atoms with E-state index >= 15 is 4.79 Å². The predicted molar refractivity (Wildman–Crippen MR) is 276 cm³/mol. The van der Waals surface area contributed by atoms with Crippen LogP contribution in [-0.4, -0.2) is 155 Å². The van der Waals surface area contributed by atoms with Crippen LogP contribution in [0.25, 0.3) is 27.7 Å². The molecule has 0 radical (unpaired) electrons. The van der Waals surface area contributed by atoms with Crippen molar-refractivity contribution in [2.45, 2.75) is 160 Å². The number of aromatic nitrogens is 2. The number of esters is 1. The number of amides is 3. The number of hydrogen-bond donors (Lipinski definition) is 2. The molecule has 6 aliphatic heterocycles. The summed E-state index contributed by atoms with van der Waals surface area (Å²) >= 11 is 1.37. The van der Waals surface area contributed by atoms with E-state index in [1.54, 1.807) is 25.5 Å². The lowest BCUT2D eigenvalue weighted by molar-refractivity contribution is -0.156. The van der Waals surface area contributed by atoms with Crippen LogP contribution in [0.3, 0.4) is 0 Å². The van der Waals surface area contributed by atoms with E-state index in [1.807, 2.05) is 37.1 Å². The van der Waals surface area contributed by atoms with Crippen molar-refractivity contribution < 1.29 is 41.8 Å². The van der Waals surface area contributed by atoms with Gasteiger partial charge < -0.3 is 24.3 Å². The number of carbonyl (C=O) groups is 4. The molecule has 6 fully saturated rings. The standard InChI is InChI=1S/C55H72F3N9O6S/c1-32(72-5)44-36(13-8-20-59-44)47-38-25-53(2,3)31-73-52(71)39-14-9-22-67(62-39)50(69)40(24-43-60-41(26-74-43)35-17-18-42(37(38)23-35)66(47)30-55(56,57)58)61-49(68)46(33-11-6-7-12-33)64-21-10-19-54(27-64)28-65(29-54)51(70)48-45(63(48)4)34-15-16-34/h17-18,20,23,26,32-34,39-40,45-46,48,62H,6-16,19,21-22,24-25,27-31H2,1-5H3,(H,61,68)/t32-,39-,40-,45+,46-,48+,63?/m0/s1. The van der Waals surface area contributed by atoms with Crippen LogP contribution in [0, 0.1) is 22.7 Å². The number of hydrazine groups is 1. The van der Waals surface area contributed by atoms with Crippen LogP contribution in [0.5, 0.6) is 0 Å². The normalized spacial score (nSPS) is 28.5. The lowest BCUT2D eigenvalue weighted by atomic mass is 9.72. The number of rotatable bonds is 10. The van der Waals surface area contributed by atoms with Crippen molar-refractivity contribution in [3.63, 3.8) is 0 Å². The maximum Gasteiger partial charge on any atom is 0.406 e. The van der Waals surface area contributed by atoms with Crippen LogP contribution in [-0.2, 0) is 48.0 Å². The third-order valence-electron chi connectivity index (χ3n) is 17.5. The molecule has 8 aliphatic rings. The number of benzene rings is 1. The monoisotopic (exact) mass is 1040 g/mol. The molecule has 2 saturated carbocycles. The lowest BCUT2D eigenvalue weighted by Crippen LogP contribution is -2.68. The fraction of sp³-hybridized carbons (Fsp3) is 0.673. The fourth-order valence-electron chi connectivity index (χ4n) is 13.6. The Balaban J connectivity index is 0.921. The van der Waals surface area contributed by atoms with Gasteiger partial charge in [-0.15, -0.1) is 11.3 Å². The summed E-state index contributed by atoms with van der Waals surface area (Å²) in [5.41, 5.74) is 6.46. The molecule has 7 atom stereocenters. The maximum absolute atomic E-state index is 15.2. The van der Waals surface area contributed by atoms with E-state index in [0.717, 1.165) is 45.1 Å². The van der Waals surface area contributed by atoms with Gasteiger partial charge in [-0.25, -0.2) is 10.4 Å². The van der Waals surface area contributed by atoms with Crippen LogP contribution in [0.2, 0.25) is 0 Å². The average Bonchev–Trinajstić information content (AvgIpc) is 4.14. The first-order chi connectivity index (χ1) is 35.4. The number of cyclic esters (lactones) is 1. The number of aliphatic imine (C=N–C) groups is 1. The van der Waals surface area contributed by atoms with Gasteiger partial charge in [-0.1, -0.05) is 32.8 Å². The largest absolute Gasteiger partial charge is 0.464 e. The van der Waals surface area contributed by atoms with Gasteiger partial charge in [0.05, 0.1) is 40.8 Å². The summed E-state index contributed by atoms with van der Waals surface area (Å²) in [5, 5.41) is 7.87. The van der Waals surface area contributed by atoms with Crippen molar-refractivity contribution in [1.82, 2.24) is 40.0 Å². The summed E-state index contributed by atoms with van der Waals surface area (Å²) in [5.74, 6) is -0.0921. The van der Waals surface area contributed by atoms with Crippen molar-refractivity contribution in [2.24, 2.45) is 27.7 Å². The van der Waals surface area contributed by atoms with E-state index in [1.165, 1.54) is 33.8 Å². The molecule has 15 nitrogen and oxygen atoms in total. The van der Waals surface area contributed by atoms with Crippen LogP contribution < -0.4 is 10.7 Å². The van der Waals surface area contributed by atoms with Crippen molar-refractivity contribution >= 4 is 57.7 Å². The summed E-state index contributed by atoms with van der Waals surface area (Å²) in [4.78, 5) is 74.2. The molecule has 4 saturated heterocycles. The van der Waals surface area contributed by atoms with E-state index in [0.29, 0.717) is 114 Å². The third kappa shape index (κ3) is 10.2. The zero-order valence-electron chi connectivity index (χ0n) is 43.5. The number of ether oxygens (including phenoxy) is 2. The van der Waals surface area contributed by atoms with Gasteiger partial charge in [-0.2, -0.15) is 13.2 Å². The Kier molecular flexibility index (Phi) is 13.9. The molecule has 74 heavy (non-hydrogen) atoms. The second-order valence-corrected chi connectivity index (χ2v) is 24.6. The van der Waals surface area contributed by atoms with E-state index < -0.39 is 48.3 Å². The molecule has 2 aromatic heterocycles. The predicted octanol–water partition coefficient (Wildman–Crippen LogP) is 7.16. The Bertz CT molecular complexity index is 2740. The average molecular weight is 1040 g/mol. The lowest BCUT2D eigenvalue weighted by Gasteiger charge is -2.56. The summed E-state index contributed by atoms with van der Waals surface area (Å²) in [6, 6.07) is 3.49. The van der Waals surface area contributed by atoms with Crippen LogP contribution in [0.1, 0.15) is 114 Å². The molecule has 8 heterocycles. The van der Waals surface area contributed by atoms with E-state index in [4.69, 9.17) is 19.5 Å². The minimum Gasteiger partial charge on any atom is -0.464 e. The Morgan fingerprint density at radius 2 is 1.82 bits per heavy atom. The maximum atomic E-state index is 15.2. The highest BCUT2D eigenvalue weighted by molar-refractivity contribution is 7.10. The van der Waals surface area contributed by atoms with Gasteiger partial charge in [0, 0.05) is 90.2 Å². The molecule has 1 spiro atoms. The number of methoxy groups -OCH3 is 1. The first kappa shape index (κ1) is 51.4. The zero-order valence-corrected chi connectivity index (χ0v) is 44.3. The first-order valence-corrected chi connectivity index (χ1v) is 28.0. The minimum absolute atomic E-state index is 0.00300. The van der Waals surface area contributed by atoms with Gasteiger partial charge in [0.25, 0.3) is 5.91 Å². The molecular weight excluding hydrogens is 972 g/mol. The second kappa shape index (κ2) is 20.0. The molecule has 3 amide bonds. The Hall–Kier alpha value is -4.69. The summed E-state index contributed by atoms with van der Waals surface area (Å²) in [6.07, 6.45) is 7.30. The molecular formula is C55H72F3N9O6S. The van der Waals surface area contributed by atoms with Gasteiger partial charge in [-0.3, -0.25) is 39.0 Å². The van der Waals surface area contributed by atoms with Crippen LogP contribution in [0.15, 0.2) is 34.3 Å². The number of allylic oxidation sites excluding steroid dienone is 1. The molecule has 1 aromatic carbocycles. The molecule has 400 valence electrons. The van der Waals surface area contributed by atoms with Crippen molar-refractivity contribution in [2.75, 3.05) is 53.5 Å². The topological polar surface area (TPSA) is 154 Å². The molecule has 11 rings (SSSR count). The number of alkyl halides is 3. The van der Waals surface area contributed by atoms with Crippen molar-refractivity contribution in [3.05, 3.63) is 45.5 Å². The number of halogens is 3. The number of likely N-dealkylation sites (tertiary alicyclic amines) is 2. The van der Waals surface area contributed by atoms with Gasteiger partial charge >= 0.3 is 12.1 Å². The highest BCUT2D eigenvalue weighted by atomic mass is 32.1. The number of likely N-dealkylation sites (N-methyl/N-ethyl adjacent to an activating group) is 1. The number of nitrogens with zero attached hydrogens (tertiary/aromatic N) is 7. The Morgan fingerprint density at radius 1 is 1.04 bits per heavy atom. The Morgan fingerprint density at radius 3 is 2.57 bits per heavy atom. The molecule has 1 unspecified atom stereocenters. The van der Waals surface area contributed by atoms with E-state index in [9.17, 15) is 27.6 Å². The van der Waals surface area contributed by atoms with E-state index in [2.05, 4.69) is 27.6 Å². The Labute approximate surface area is 435 Å². The number of piperidine rings is 1. The highest BCUT2D eigenvalue weighted by Crippen LogP contribution is 2.49. The molecule has 19 heteroatoms. The number of hydrogen-bond acceptors (Lipinski definition) is 12. The fourth-order valence-corrected chi connectivity index (χ4v) is 14.5. The second-order valence-electron chi connectivity index (χ2n) is 23.7. The molecule has 3 aromatic rings. The number of thiazole rings is 1. The van der Waals surface area contributed by atoms with Gasteiger partial charge in [0.15, 0.2) is 0 Å². The molecule has 6 bridgehead atoms. The summed E-state index contributed by atoms with van der Waals surface area (Å²) in [7, 11) is 3.63. The zero-order chi connectivity index (χ0) is 51.8. The third-order valence-corrected chi connectivity index (χ3v) is 18.4. The molecule has 2 aliphatic carbocycles. The van der Waals surface area contributed by atoms with Crippen LogP contribution in [0.4, 0.5) is 13.2 Å². The highest BCUT2D eigenvalue weighted by Gasteiger charge is 2.60. The smallest absolute Gasteiger partial charge is 0.406 e. The number of carbonyl (C=O) groups excluding carboxylic acids is 4. The summed E-state index contributed by atoms with van der Waals surface area (Å²) < 4.78 is 57.5. The first-order valence-electron chi connectivity index (χ1n) is 27.1. The molecule has 2 N–H and O–H groups in total. The number of nitrogens with one attached hydrogen (secondary N) is 2. The van der Waals surface area contributed by atoms with Gasteiger partial charge in [0.2, 0.25) is 11.8 Å². The minimum atomic E-state index is -4.55. The SMILES string of the molecule is CO[C@@H](C)C1=C(c2c3c4cc(ccc4n2CC(F)(F)F)-c2csc(n2)C[C@H](NC(=O)[C@H](C2CCCC2)N2CCCC4(CN(C(=O)[C@H]5[C@@H](C6CC6)N5C)C4)C2)C(=O)N2CCC[C@H](N2)C(=O)OCC(C)(C)C3)CCC=N1. The van der Waals surface area contributed by atoms with Gasteiger partial charge in [-0.05, 0) is 121 Å².